The predicted octanol–water partition coefficient (Wildman–Crippen LogP) is 6.45. The van der Waals surface area contributed by atoms with Crippen molar-refractivity contribution >= 4 is 23.8 Å². The molecule has 9 nitrogen and oxygen atoms in total. The normalized spacial score (nSPS) is 13.0. The molecule has 0 saturated heterocycles. The van der Waals surface area contributed by atoms with Gasteiger partial charge in [0.2, 0.25) is 5.91 Å². The summed E-state index contributed by atoms with van der Waals surface area (Å²) in [6.07, 6.45) is 9.57. The maximum Gasteiger partial charge on any atom is 0.328 e. The molecule has 244 valence electrons. The van der Waals surface area contributed by atoms with Gasteiger partial charge in [-0.15, -0.1) is 0 Å². The van der Waals surface area contributed by atoms with Gasteiger partial charge in [0.05, 0.1) is 32.5 Å². The fraction of sp³-hybridized carbons (Fsp3) is 0.706. The third-order valence-corrected chi connectivity index (χ3v) is 7.19. The van der Waals surface area contributed by atoms with Gasteiger partial charge in [-0.2, -0.15) is 0 Å². The number of carbonyl (C=O) groups is 4. The van der Waals surface area contributed by atoms with E-state index in [9.17, 15) is 19.2 Å². The molecular weight excluding hydrogens is 550 g/mol. The fourth-order valence-electron chi connectivity index (χ4n) is 4.82. The van der Waals surface area contributed by atoms with E-state index in [0.29, 0.717) is 45.3 Å². The first-order chi connectivity index (χ1) is 20.9. The minimum absolute atomic E-state index is 0.114. The van der Waals surface area contributed by atoms with Crippen molar-refractivity contribution < 1.29 is 38.1 Å². The molecule has 9 heteroatoms. The Hall–Kier alpha value is -2.94. The van der Waals surface area contributed by atoms with Crippen molar-refractivity contribution in [1.29, 1.82) is 0 Å². The molecule has 3 atom stereocenters. The third-order valence-electron chi connectivity index (χ3n) is 7.19. The van der Waals surface area contributed by atoms with Gasteiger partial charge in [0.25, 0.3) is 0 Å². The highest BCUT2D eigenvalue weighted by Crippen LogP contribution is 2.20. The maximum absolute atomic E-state index is 13.4. The average Bonchev–Trinajstić information content (AvgIpc) is 2.99. The summed E-state index contributed by atoms with van der Waals surface area (Å²) in [4.78, 5) is 50.6. The summed E-state index contributed by atoms with van der Waals surface area (Å²) in [6, 6.07) is 9.06. The Kier molecular flexibility index (Phi) is 21.7. The van der Waals surface area contributed by atoms with Crippen molar-refractivity contribution in [2.75, 3.05) is 19.8 Å². The summed E-state index contributed by atoms with van der Waals surface area (Å²) in [5.41, 5.74) is 1.07. The van der Waals surface area contributed by atoms with E-state index < -0.39 is 29.8 Å². The SMILES string of the molecule is CCCCCCC(CCC(C(=O)NC(CCCCCCC(=O)OCC)C(=O)OCC)C(=O)OCC)OCc1ccccc1. The number of benzene rings is 1. The van der Waals surface area contributed by atoms with Crippen LogP contribution in [0, 0.1) is 5.92 Å². The van der Waals surface area contributed by atoms with E-state index in [1.54, 1.807) is 20.8 Å². The molecule has 0 fully saturated rings. The fourth-order valence-corrected chi connectivity index (χ4v) is 4.82. The first-order valence-corrected chi connectivity index (χ1v) is 16.3. The summed E-state index contributed by atoms with van der Waals surface area (Å²) in [5.74, 6) is -2.93. The van der Waals surface area contributed by atoms with Crippen molar-refractivity contribution in [3.05, 3.63) is 35.9 Å². The van der Waals surface area contributed by atoms with E-state index in [2.05, 4.69) is 12.2 Å². The Balaban J connectivity index is 2.83. The molecule has 1 aromatic rings. The Morgan fingerprint density at radius 3 is 1.98 bits per heavy atom. The van der Waals surface area contributed by atoms with Crippen LogP contribution in [0.4, 0.5) is 0 Å². The smallest absolute Gasteiger partial charge is 0.328 e. The van der Waals surface area contributed by atoms with Crippen molar-refractivity contribution in [1.82, 2.24) is 5.32 Å². The molecule has 0 aliphatic heterocycles. The number of ether oxygens (including phenoxy) is 4. The zero-order valence-electron chi connectivity index (χ0n) is 26.9. The lowest BCUT2D eigenvalue weighted by Gasteiger charge is -2.23. The zero-order chi connectivity index (χ0) is 31.7. The first kappa shape index (κ1) is 38.1. The van der Waals surface area contributed by atoms with Crippen LogP contribution in [0.3, 0.4) is 0 Å². The summed E-state index contributed by atoms with van der Waals surface area (Å²) >= 11 is 0. The minimum Gasteiger partial charge on any atom is -0.466 e. The van der Waals surface area contributed by atoms with Gasteiger partial charge in [-0.25, -0.2) is 4.79 Å². The topological polar surface area (TPSA) is 117 Å². The number of rotatable bonds is 25. The summed E-state index contributed by atoms with van der Waals surface area (Å²) in [5, 5.41) is 2.78. The van der Waals surface area contributed by atoms with Gasteiger partial charge in [-0.05, 0) is 58.4 Å². The molecule has 0 saturated carbocycles. The summed E-state index contributed by atoms with van der Waals surface area (Å²) in [6.45, 7) is 8.53. The van der Waals surface area contributed by atoms with E-state index in [0.717, 1.165) is 50.5 Å². The van der Waals surface area contributed by atoms with Crippen LogP contribution in [-0.4, -0.2) is 55.8 Å². The second-order valence-corrected chi connectivity index (χ2v) is 10.7. The Bertz CT molecular complexity index is 907. The van der Waals surface area contributed by atoms with Crippen molar-refractivity contribution in [3.8, 4) is 0 Å². The van der Waals surface area contributed by atoms with E-state index in [-0.39, 0.29) is 31.7 Å². The van der Waals surface area contributed by atoms with Gasteiger partial charge < -0.3 is 24.3 Å². The van der Waals surface area contributed by atoms with Gasteiger partial charge in [-0.3, -0.25) is 14.4 Å². The second-order valence-electron chi connectivity index (χ2n) is 10.7. The van der Waals surface area contributed by atoms with Crippen molar-refractivity contribution in [3.63, 3.8) is 0 Å². The lowest BCUT2D eigenvalue weighted by Crippen LogP contribution is -2.46. The minimum atomic E-state index is -1.06. The van der Waals surface area contributed by atoms with E-state index in [4.69, 9.17) is 18.9 Å². The number of hydrogen-bond donors (Lipinski definition) is 1. The van der Waals surface area contributed by atoms with Crippen LogP contribution in [-0.2, 0) is 44.7 Å². The molecule has 1 rings (SSSR count). The monoisotopic (exact) mass is 605 g/mol. The van der Waals surface area contributed by atoms with Crippen LogP contribution in [0.15, 0.2) is 30.3 Å². The van der Waals surface area contributed by atoms with Crippen molar-refractivity contribution in [2.45, 2.75) is 130 Å². The van der Waals surface area contributed by atoms with Gasteiger partial charge >= 0.3 is 17.9 Å². The molecule has 0 heterocycles. The van der Waals surface area contributed by atoms with Gasteiger partial charge in [0.1, 0.15) is 12.0 Å². The Labute approximate surface area is 258 Å². The van der Waals surface area contributed by atoms with Gasteiger partial charge in [-0.1, -0.05) is 82.2 Å². The largest absolute Gasteiger partial charge is 0.466 e. The van der Waals surface area contributed by atoms with Crippen LogP contribution in [0.2, 0.25) is 0 Å². The molecule has 0 aliphatic rings. The predicted molar refractivity (Wildman–Crippen MR) is 166 cm³/mol. The third kappa shape index (κ3) is 17.7. The highest BCUT2D eigenvalue weighted by molar-refractivity contribution is 5.99. The highest BCUT2D eigenvalue weighted by atomic mass is 16.5. The van der Waals surface area contributed by atoms with E-state index in [1.807, 2.05) is 30.3 Å². The molecule has 1 N–H and O–H groups in total. The zero-order valence-corrected chi connectivity index (χ0v) is 26.9. The van der Waals surface area contributed by atoms with Crippen LogP contribution in [0.5, 0.6) is 0 Å². The standard InChI is InChI=1S/C34H55NO8/c1-5-9-10-16-21-28(43-26-27-19-14-13-15-20-27)24-25-29(33(38)41-7-3)32(37)35-30(34(39)42-8-4)22-17-11-12-18-23-31(36)40-6-2/h13-15,19-20,28-30H,5-12,16-18,21-26H2,1-4H3,(H,35,37). The lowest BCUT2D eigenvalue weighted by molar-refractivity contribution is -0.155. The van der Waals surface area contributed by atoms with E-state index >= 15 is 0 Å². The first-order valence-electron chi connectivity index (χ1n) is 16.3. The Morgan fingerprint density at radius 1 is 0.674 bits per heavy atom. The van der Waals surface area contributed by atoms with Crippen LogP contribution in [0.25, 0.3) is 0 Å². The summed E-state index contributed by atoms with van der Waals surface area (Å²) in [7, 11) is 0. The van der Waals surface area contributed by atoms with Gasteiger partial charge in [0.15, 0.2) is 0 Å². The average molecular weight is 606 g/mol. The number of unbranched alkanes of at least 4 members (excludes halogenated alkanes) is 6. The lowest BCUT2D eigenvalue weighted by atomic mass is 9.96. The number of nitrogens with one attached hydrogen (secondary N) is 1. The maximum atomic E-state index is 13.4. The Morgan fingerprint density at radius 2 is 1.30 bits per heavy atom. The second kappa shape index (κ2) is 24.5. The van der Waals surface area contributed by atoms with Gasteiger partial charge in [0, 0.05) is 6.42 Å². The molecule has 0 bridgehead atoms. The summed E-state index contributed by atoms with van der Waals surface area (Å²) < 4.78 is 21.7. The van der Waals surface area contributed by atoms with E-state index in [1.165, 1.54) is 0 Å². The molecule has 0 radical (unpaired) electrons. The molecule has 1 aromatic carbocycles. The van der Waals surface area contributed by atoms with Crippen molar-refractivity contribution in [2.24, 2.45) is 5.92 Å². The highest BCUT2D eigenvalue weighted by Gasteiger charge is 2.32. The molecular formula is C34H55NO8. The number of hydrogen-bond acceptors (Lipinski definition) is 8. The molecule has 0 spiro atoms. The molecule has 1 amide bonds. The quantitative estimate of drug-likeness (QED) is 0.0585. The van der Waals surface area contributed by atoms with Crippen LogP contribution < -0.4 is 5.32 Å². The molecule has 0 aliphatic carbocycles. The number of carbonyl (C=O) groups excluding carboxylic acids is 4. The number of esters is 3. The van der Waals surface area contributed by atoms with Crippen LogP contribution in [0.1, 0.15) is 117 Å². The van der Waals surface area contributed by atoms with Crippen LogP contribution >= 0.6 is 0 Å². The molecule has 43 heavy (non-hydrogen) atoms. The number of amides is 1. The molecule has 0 aromatic heterocycles. The molecule has 3 unspecified atom stereocenters.